The van der Waals surface area contributed by atoms with Crippen LogP contribution < -0.4 is 15.4 Å². The maximum Gasteiger partial charge on any atom is 0.254 e. The second kappa shape index (κ2) is 8.58. The smallest absolute Gasteiger partial charge is 0.254 e. The minimum absolute atomic E-state index is 0.0519. The molecule has 7 nitrogen and oxygen atoms in total. The highest BCUT2D eigenvalue weighted by molar-refractivity contribution is 7.89. The monoisotopic (exact) mass is 314 g/mol. The Bertz CT molecular complexity index is 560. The van der Waals surface area contributed by atoms with E-state index in [0.29, 0.717) is 17.8 Å². The molecule has 0 atom stereocenters. The van der Waals surface area contributed by atoms with Crippen molar-refractivity contribution in [1.29, 1.82) is 0 Å². The zero-order valence-electron chi connectivity index (χ0n) is 12.3. The van der Waals surface area contributed by atoms with E-state index in [1.807, 2.05) is 6.92 Å². The van der Waals surface area contributed by atoms with Crippen LogP contribution in [0.2, 0.25) is 0 Å². The molecule has 0 bridgehead atoms. The predicted octanol–water partition coefficient (Wildman–Crippen LogP) is 0.573. The second-order valence-corrected chi connectivity index (χ2v) is 6.35. The Morgan fingerprint density at radius 3 is 2.71 bits per heavy atom. The van der Waals surface area contributed by atoms with Gasteiger partial charge in [0, 0.05) is 32.0 Å². The van der Waals surface area contributed by atoms with Crippen molar-refractivity contribution in [2.75, 3.05) is 30.7 Å². The lowest BCUT2D eigenvalue weighted by molar-refractivity contribution is 0.0956. The zero-order chi connectivity index (χ0) is 15.7. The van der Waals surface area contributed by atoms with E-state index in [1.165, 1.54) is 6.20 Å². The van der Waals surface area contributed by atoms with Gasteiger partial charge < -0.3 is 10.6 Å². The Hall–Kier alpha value is -1.67. The van der Waals surface area contributed by atoms with E-state index in [1.54, 1.807) is 19.2 Å². The molecule has 1 amide bonds. The summed E-state index contributed by atoms with van der Waals surface area (Å²) in [4.78, 5) is 16.0. The molecule has 0 aromatic carbocycles. The normalized spacial score (nSPS) is 11.1. The van der Waals surface area contributed by atoms with Crippen molar-refractivity contribution in [2.24, 2.45) is 0 Å². The van der Waals surface area contributed by atoms with Gasteiger partial charge in [-0.3, -0.25) is 9.78 Å². The van der Waals surface area contributed by atoms with Gasteiger partial charge >= 0.3 is 0 Å². The summed E-state index contributed by atoms with van der Waals surface area (Å²) in [7, 11) is -3.33. The van der Waals surface area contributed by atoms with E-state index >= 15 is 0 Å². The summed E-state index contributed by atoms with van der Waals surface area (Å²) in [6, 6.07) is 1.72. The number of pyridine rings is 1. The first-order chi connectivity index (χ1) is 10.00. The van der Waals surface area contributed by atoms with Gasteiger partial charge in [-0.2, -0.15) is 0 Å². The third-order valence-corrected chi connectivity index (χ3v) is 4.12. The van der Waals surface area contributed by atoms with Crippen molar-refractivity contribution in [3.05, 3.63) is 24.0 Å². The predicted molar refractivity (Wildman–Crippen MR) is 82.8 cm³/mol. The first-order valence-electron chi connectivity index (χ1n) is 6.93. The highest BCUT2D eigenvalue weighted by Gasteiger charge is 2.13. The maximum atomic E-state index is 12.1. The molecule has 0 radical (unpaired) electrons. The van der Waals surface area contributed by atoms with Gasteiger partial charge in [-0.25, -0.2) is 13.1 Å². The molecule has 1 rings (SSSR count). The molecule has 0 aliphatic heterocycles. The number of carbonyl (C=O) groups excluding carboxylic acids is 1. The number of nitrogens with one attached hydrogen (secondary N) is 3. The zero-order valence-corrected chi connectivity index (χ0v) is 13.2. The number of hydrogen-bond donors (Lipinski definition) is 3. The SMILES string of the molecule is CCCNc1ccncc1C(=O)NCCS(=O)(=O)NCC. The van der Waals surface area contributed by atoms with E-state index < -0.39 is 10.0 Å². The summed E-state index contributed by atoms with van der Waals surface area (Å²) >= 11 is 0. The molecule has 21 heavy (non-hydrogen) atoms. The Labute approximate surface area is 125 Å². The number of sulfonamides is 1. The number of anilines is 1. The number of nitrogens with zero attached hydrogens (tertiary/aromatic N) is 1. The first-order valence-corrected chi connectivity index (χ1v) is 8.58. The molecule has 0 unspecified atom stereocenters. The van der Waals surface area contributed by atoms with Gasteiger partial charge in [0.1, 0.15) is 0 Å². The lowest BCUT2D eigenvalue weighted by atomic mass is 10.2. The van der Waals surface area contributed by atoms with Crippen LogP contribution in [-0.2, 0) is 10.0 Å². The summed E-state index contributed by atoms with van der Waals surface area (Å²) in [5, 5.41) is 5.73. The van der Waals surface area contributed by atoms with Gasteiger partial charge in [-0.1, -0.05) is 13.8 Å². The van der Waals surface area contributed by atoms with Crippen LogP contribution in [0.15, 0.2) is 18.5 Å². The highest BCUT2D eigenvalue weighted by atomic mass is 32.2. The number of carbonyl (C=O) groups is 1. The van der Waals surface area contributed by atoms with Crippen LogP contribution in [0.4, 0.5) is 5.69 Å². The quantitative estimate of drug-likeness (QED) is 0.619. The Morgan fingerprint density at radius 2 is 2.05 bits per heavy atom. The molecule has 0 saturated heterocycles. The number of rotatable bonds is 9. The Balaban J connectivity index is 2.60. The molecule has 118 valence electrons. The Kier molecular flexibility index (Phi) is 7.10. The standard InChI is InChI=1S/C13H22N4O3S/c1-3-6-15-12-5-7-14-10-11(12)13(18)16-8-9-21(19,20)17-4-2/h5,7,10,17H,3-4,6,8-9H2,1-2H3,(H,14,15)(H,16,18). The van der Waals surface area contributed by atoms with Crippen LogP contribution in [0.5, 0.6) is 0 Å². The molecule has 0 spiro atoms. The van der Waals surface area contributed by atoms with E-state index in [4.69, 9.17) is 0 Å². The van der Waals surface area contributed by atoms with Gasteiger partial charge in [0.05, 0.1) is 17.0 Å². The van der Waals surface area contributed by atoms with Crippen molar-refractivity contribution >= 4 is 21.6 Å². The fourth-order valence-corrected chi connectivity index (χ4v) is 2.63. The largest absolute Gasteiger partial charge is 0.384 e. The fourth-order valence-electron chi connectivity index (χ4n) is 1.68. The van der Waals surface area contributed by atoms with Gasteiger partial charge in [0.25, 0.3) is 5.91 Å². The molecule has 0 fully saturated rings. The molecular formula is C13H22N4O3S. The summed E-state index contributed by atoms with van der Waals surface area (Å²) in [6.45, 7) is 4.87. The van der Waals surface area contributed by atoms with E-state index in [9.17, 15) is 13.2 Å². The van der Waals surface area contributed by atoms with Crippen LogP contribution in [-0.4, -0.2) is 44.7 Å². The van der Waals surface area contributed by atoms with E-state index in [-0.39, 0.29) is 18.2 Å². The lowest BCUT2D eigenvalue weighted by Gasteiger charge is -2.11. The lowest BCUT2D eigenvalue weighted by Crippen LogP contribution is -2.34. The van der Waals surface area contributed by atoms with Crippen molar-refractivity contribution in [3.8, 4) is 0 Å². The van der Waals surface area contributed by atoms with Gasteiger partial charge in [0.15, 0.2) is 0 Å². The Morgan fingerprint density at radius 1 is 1.29 bits per heavy atom. The fraction of sp³-hybridized carbons (Fsp3) is 0.538. The third kappa shape index (κ3) is 6.09. The van der Waals surface area contributed by atoms with Crippen molar-refractivity contribution in [1.82, 2.24) is 15.0 Å². The van der Waals surface area contributed by atoms with E-state index in [0.717, 1.165) is 13.0 Å². The summed E-state index contributed by atoms with van der Waals surface area (Å²) in [5.41, 5.74) is 1.10. The summed E-state index contributed by atoms with van der Waals surface area (Å²) in [6.07, 6.45) is 4.00. The molecule has 8 heteroatoms. The molecule has 1 aromatic rings. The minimum atomic E-state index is -3.33. The average molecular weight is 314 g/mol. The number of aromatic nitrogens is 1. The van der Waals surface area contributed by atoms with Crippen LogP contribution in [0.25, 0.3) is 0 Å². The van der Waals surface area contributed by atoms with Crippen LogP contribution in [0.1, 0.15) is 30.6 Å². The molecule has 0 aliphatic rings. The summed E-state index contributed by atoms with van der Waals surface area (Å²) < 4.78 is 25.3. The van der Waals surface area contributed by atoms with E-state index in [2.05, 4.69) is 20.3 Å². The van der Waals surface area contributed by atoms with Crippen LogP contribution >= 0.6 is 0 Å². The molecule has 3 N–H and O–H groups in total. The maximum absolute atomic E-state index is 12.1. The van der Waals surface area contributed by atoms with Gasteiger partial charge in [-0.05, 0) is 12.5 Å². The third-order valence-electron chi connectivity index (χ3n) is 2.65. The van der Waals surface area contributed by atoms with Crippen molar-refractivity contribution in [2.45, 2.75) is 20.3 Å². The first kappa shape index (κ1) is 17.4. The average Bonchev–Trinajstić information content (AvgIpc) is 2.45. The van der Waals surface area contributed by atoms with Crippen molar-refractivity contribution < 1.29 is 13.2 Å². The second-order valence-electron chi connectivity index (χ2n) is 4.42. The van der Waals surface area contributed by atoms with Crippen LogP contribution in [0.3, 0.4) is 0 Å². The topological polar surface area (TPSA) is 100 Å². The van der Waals surface area contributed by atoms with Gasteiger partial charge in [-0.15, -0.1) is 0 Å². The van der Waals surface area contributed by atoms with Gasteiger partial charge in [0.2, 0.25) is 10.0 Å². The molecule has 1 heterocycles. The highest BCUT2D eigenvalue weighted by Crippen LogP contribution is 2.13. The van der Waals surface area contributed by atoms with Crippen LogP contribution in [0, 0.1) is 0 Å². The van der Waals surface area contributed by atoms with Crippen molar-refractivity contribution in [3.63, 3.8) is 0 Å². The molecule has 1 aromatic heterocycles. The minimum Gasteiger partial charge on any atom is -0.384 e. The number of hydrogen-bond acceptors (Lipinski definition) is 5. The number of amides is 1. The molecule has 0 aliphatic carbocycles. The molecule has 0 saturated carbocycles. The summed E-state index contributed by atoms with van der Waals surface area (Å²) in [5.74, 6) is -0.488. The molecular weight excluding hydrogens is 292 g/mol.